The van der Waals surface area contributed by atoms with Crippen LogP contribution in [-0.2, 0) is 0 Å². The van der Waals surface area contributed by atoms with Crippen LogP contribution < -0.4 is 0 Å². The fourth-order valence-corrected chi connectivity index (χ4v) is 4.97. The monoisotopic (exact) mass is 236 g/mol. The Morgan fingerprint density at radius 1 is 1.00 bits per heavy atom. The van der Waals surface area contributed by atoms with E-state index in [1.54, 1.807) is 0 Å². The lowest BCUT2D eigenvalue weighted by molar-refractivity contribution is -0.0489. The number of rotatable bonds is 3. The molecule has 2 aliphatic carbocycles. The van der Waals surface area contributed by atoms with Crippen LogP contribution in [0, 0.1) is 41.4 Å². The lowest BCUT2D eigenvalue weighted by Gasteiger charge is -2.53. The van der Waals surface area contributed by atoms with Gasteiger partial charge in [-0.15, -0.1) is 0 Å². The summed E-state index contributed by atoms with van der Waals surface area (Å²) in [5.74, 6) is 6.99. The number of hydrogen-bond acceptors (Lipinski definition) is 0. The van der Waals surface area contributed by atoms with Gasteiger partial charge in [0.2, 0.25) is 0 Å². The molecule has 0 aromatic heterocycles. The summed E-state index contributed by atoms with van der Waals surface area (Å²) in [7, 11) is 0. The highest BCUT2D eigenvalue weighted by molar-refractivity contribution is 4.95. The van der Waals surface area contributed by atoms with E-state index in [0.29, 0.717) is 0 Å². The Morgan fingerprint density at radius 2 is 1.65 bits per heavy atom. The molecule has 0 heteroatoms. The summed E-state index contributed by atoms with van der Waals surface area (Å²) < 4.78 is 0. The van der Waals surface area contributed by atoms with E-state index in [0.717, 1.165) is 41.4 Å². The smallest absolute Gasteiger partial charge is 0.0329 e. The molecule has 0 bridgehead atoms. The third-order valence-electron chi connectivity index (χ3n) is 6.62. The van der Waals surface area contributed by atoms with Crippen LogP contribution in [0.4, 0.5) is 0 Å². The van der Waals surface area contributed by atoms with Crippen LogP contribution in [0.2, 0.25) is 0 Å². The normalized spacial score (nSPS) is 48.5. The Labute approximate surface area is 109 Å². The van der Waals surface area contributed by atoms with Gasteiger partial charge in [0.05, 0.1) is 0 Å². The zero-order valence-electron chi connectivity index (χ0n) is 12.6. The van der Waals surface area contributed by atoms with Crippen molar-refractivity contribution in [3.63, 3.8) is 0 Å². The van der Waals surface area contributed by atoms with Crippen LogP contribution >= 0.6 is 0 Å². The molecule has 0 saturated heterocycles. The molecule has 2 saturated carbocycles. The van der Waals surface area contributed by atoms with Crippen molar-refractivity contribution >= 4 is 0 Å². The lowest BCUT2D eigenvalue weighted by Crippen LogP contribution is -2.47. The minimum Gasteiger partial charge on any atom is -0.0651 e. The highest BCUT2D eigenvalue weighted by atomic mass is 14.5. The van der Waals surface area contributed by atoms with E-state index >= 15 is 0 Å². The van der Waals surface area contributed by atoms with Crippen molar-refractivity contribution in [2.45, 2.75) is 66.7 Å². The minimum absolute atomic E-state index is 0.966. The summed E-state index contributed by atoms with van der Waals surface area (Å²) >= 11 is 0. The van der Waals surface area contributed by atoms with Crippen LogP contribution in [0.1, 0.15) is 66.7 Å². The van der Waals surface area contributed by atoms with E-state index in [1.165, 1.54) is 32.1 Å². The van der Waals surface area contributed by atoms with Crippen molar-refractivity contribution in [1.82, 2.24) is 0 Å². The Kier molecular flexibility index (Phi) is 4.21. The van der Waals surface area contributed by atoms with Crippen molar-refractivity contribution in [3.8, 4) is 0 Å². The van der Waals surface area contributed by atoms with Gasteiger partial charge in [-0.2, -0.15) is 0 Å². The van der Waals surface area contributed by atoms with Crippen molar-refractivity contribution < 1.29 is 0 Å². The molecule has 17 heavy (non-hydrogen) atoms. The quantitative estimate of drug-likeness (QED) is 0.617. The van der Waals surface area contributed by atoms with Crippen LogP contribution in [0.5, 0.6) is 0 Å². The molecular weight excluding hydrogens is 204 g/mol. The van der Waals surface area contributed by atoms with Gasteiger partial charge in [-0.3, -0.25) is 0 Å². The van der Waals surface area contributed by atoms with Crippen LogP contribution in [0.3, 0.4) is 0 Å². The molecule has 2 aliphatic rings. The van der Waals surface area contributed by atoms with Crippen LogP contribution in [0.25, 0.3) is 0 Å². The predicted octanol–water partition coefficient (Wildman–Crippen LogP) is 5.38. The Bertz CT molecular complexity index is 234. The second kappa shape index (κ2) is 5.33. The SMILES string of the molecule is CCC1CCCC(C(C)C2C(C)C(C)C2C)C1. The topological polar surface area (TPSA) is 0 Å². The van der Waals surface area contributed by atoms with Gasteiger partial charge >= 0.3 is 0 Å². The van der Waals surface area contributed by atoms with Gasteiger partial charge in [-0.05, 0) is 47.8 Å². The van der Waals surface area contributed by atoms with E-state index in [4.69, 9.17) is 0 Å². The first-order chi connectivity index (χ1) is 8.06. The van der Waals surface area contributed by atoms with Crippen molar-refractivity contribution in [1.29, 1.82) is 0 Å². The maximum Gasteiger partial charge on any atom is -0.0329 e. The molecule has 0 nitrogen and oxygen atoms in total. The maximum atomic E-state index is 2.56. The maximum absolute atomic E-state index is 2.56. The van der Waals surface area contributed by atoms with Gasteiger partial charge in [0, 0.05) is 0 Å². The summed E-state index contributed by atoms with van der Waals surface area (Å²) in [6.45, 7) is 12.4. The molecule has 2 rings (SSSR count). The molecule has 2 fully saturated rings. The molecule has 0 heterocycles. The van der Waals surface area contributed by atoms with E-state index < -0.39 is 0 Å². The highest BCUT2D eigenvalue weighted by Crippen LogP contribution is 2.53. The van der Waals surface area contributed by atoms with Crippen molar-refractivity contribution in [2.24, 2.45) is 41.4 Å². The van der Waals surface area contributed by atoms with Crippen molar-refractivity contribution in [2.75, 3.05) is 0 Å². The Morgan fingerprint density at radius 3 is 2.24 bits per heavy atom. The van der Waals surface area contributed by atoms with E-state index in [9.17, 15) is 0 Å². The lowest BCUT2D eigenvalue weighted by atomic mass is 9.52. The molecule has 5 atom stereocenters. The molecule has 0 N–H and O–H groups in total. The molecule has 0 spiro atoms. The Balaban J connectivity index is 1.93. The Hall–Kier alpha value is 0. The molecule has 0 aromatic carbocycles. The summed E-state index contributed by atoms with van der Waals surface area (Å²) in [6.07, 6.45) is 7.46. The molecule has 0 amide bonds. The first-order valence-electron chi connectivity index (χ1n) is 8.06. The summed E-state index contributed by atoms with van der Waals surface area (Å²) in [5.41, 5.74) is 0. The van der Waals surface area contributed by atoms with E-state index in [1.807, 2.05) is 0 Å². The first-order valence-corrected chi connectivity index (χ1v) is 8.06. The van der Waals surface area contributed by atoms with Crippen LogP contribution in [0.15, 0.2) is 0 Å². The summed E-state index contributed by atoms with van der Waals surface area (Å²) in [5, 5.41) is 0. The van der Waals surface area contributed by atoms with Crippen molar-refractivity contribution in [3.05, 3.63) is 0 Å². The molecule has 5 unspecified atom stereocenters. The molecule has 0 radical (unpaired) electrons. The first kappa shape index (κ1) is 13.4. The minimum atomic E-state index is 0.966. The summed E-state index contributed by atoms with van der Waals surface area (Å²) in [6, 6.07) is 0. The van der Waals surface area contributed by atoms with Gasteiger partial charge in [0.1, 0.15) is 0 Å². The van der Waals surface area contributed by atoms with Gasteiger partial charge in [0.15, 0.2) is 0 Å². The molecular formula is C17H32. The molecule has 0 aliphatic heterocycles. The fraction of sp³-hybridized carbons (Fsp3) is 1.00. The third-order valence-corrected chi connectivity index (χ3v) is 6.62. The second-order valence-corrected chi connectivity index (χ2v) is 7.21. The largest absolute Gasteiger partial charge is 0.0651 e. The van der Waals surface area contributed by atoms with E-state index in [-0.39, 0.29) is 0 Å². The fourth-order valence-electron chi connectivity index (χ4n) is 4.97. The average Bonchev–Trinajstić information content (AvgIpc) is 2.38. The zero-order chi connectivity index (χ0) is 12.6. The standard InChI is InChI=1S/C17H32/c1-6-15-8-7-9-16(10-15)14(5)17-12(3)11(2)13(17)4/h11-17H,6-10H2,1-5H3. The second-order valence-electron chi connectivity index (χ2n) is 7.21. The third kappa shape index (κ3) is 2.42. The number of hydrogen-bond donors (Lipinski definition) is 0. The molecule has 100 valence electrons. The van der Waals surface area contributed by atoms with Gasteiger partial charge < -0.3 is 0 Å². The molecule has 0 aromatic rings. The van der Waals surface area contributed by atoms with Gasteiger partial charge in [0.25, 0.3) is 0 Å². The van der Waals surface area contributed by atoms with Gasteiger partial charge in [-0.25, -0.2) is 0 Å². The van der Waals surface area contributed by atoms with E-state index in [2.05, 4.69) is 34.6 Å². The predicted molar refractivity (Wildman–Crippen MR) is 75.9 cm³/mol. The zero-order valence-corrected chi connectivity index (χ0v) is 12.6. The summed E-state index contributed by atoms with van der Waals surface area (Å²) in [4.78, 5) is 0. The highest BCUT2D eigenvalue weighted by Gasteiger charge is 2.46. The average molecular weight is 236 g/mol. The van der Waals surface area contributed by atoms with Crippen LogP contribution in [-0.4, -0.2) is 0 Å². The van der Waals surface area contributed by atoms with Gasteiger partial charge in [-0.1, -0.05) is 60.3 Å².